The summed E-state index contributed by atoms with van der Waals surface area (Å²) < 4.78 is 5.01. The minimum absolute atomic E-state index is 0.739. The third-order valence-electron chi connectivity index (χ3n) is 2.43. The largest absolute Gasteiger partial charge is 0.383 e. The van der Waals surface area contributed by atoms with E-state index in [2.05, 4.69) is 35.4 Å². The highest BCUT2D eigenvalue weighted by atomic mass is 32.2. The zero-order chi connectivity index (χ0) is 13.2. The van der Waals surface area contributed by atoms with Gasteiger partial charge in [-0.15, -0.1) is 11.8 Å². The summed E-state index contributed by atoms with van der Waals surface area (Å²) in [6.45, 7) is 3.52. The topological polar surface area (TPSA) is 37.4 Å². The quantitative estimate of drug-likeness (QED) is 0.543. The number of nitrogens with one attached hydrogen (secondary N) is 1. The smallest absolute Gasteiger partial charge is 0.100 e. The van der Waals surface area contributed by atoms with Crippen LogP contribution < -0.4 is 5.32 Å². The van der Waals surface area contributed by atoms with Crippen molar-refractivity contribution < 1.29 is 4.74 Å². The molecule has 0 unspecified atom stereocenters. The van der Waals surface area contributed by atoms with Gasteiger partial charge in [-0.2, -0.15) is 0 Å². The predicted octanol–water partition coefficient (Wildman–Crippen LogP) is 1.47. The fourth-order valence-corrected chi connectivity index (χ4v) is 2.52. The summed E-state index contributed by atoms with van der Waals surface area (Å²) in [5.41, 5.74) is 1.26. The lowest BCUT2D eigenvalue weighted by Gasteiger charge is -2.11. The van der Waals surface area contributed by atoms with Crippen LogP contribution in [0.1, 0.15) is 5.56 Å². The van der Waals surface area contributed by atoms with Crippen molar-refractivity contribution in [2.75, 3.05) is 46.7 Å². The molecule has 1 heterocycles. The van der Waals surface area contributed by atoms with Crippen LogP contribution in [0.25, 0.3) is 0 Å². The third-order valence-corrected chi connectivity index (χ3v) is 3.45. The van der Waals surface area contributed by atoms with Gasteiger partial charge in [-0.3, -0.25) is 0 Å². The molecule has 1 aromatic rings. The summed E-state index contributed by atoms with van der Waals surface area (Å²) in [7, 11) is 5.90. The lowest BCUT2D eigenvalue weighted by atomic mass is 10.3. The van der Waals surface area contributed by atoms with E-state index in [1.807, 2.05) is 24.0 Å². The first kappa shape index (κ1) is 15.4. The molecule has 0 aliphatic rings. The summed E-state index contributed by atoms with van der Waals surface area (Å²) in [6.07, 6.45) is 1.86. The first-order valence-corrected chi connectivity index (χ1v) is 7.13. The van der Waals surface area contributed by atoms with E-state index in [4.69, 9.17) is 4.74 Å². The van der Waals surface area contributed by atoms with Crippen LogP contribution in [0.15, 0.2) is 23.4 Å². The number of rotatable bonds is 9. The molecular weight excluding hydrogens is 246 g/mol. The summed E-state index contributed by atoms with van der Waals surface area (Å²) in [6, 6.07) is 4.12. The van der Waals surface area contributed by atoms with Crippen molar-refractivity contribution in [3.05, 3.63) is 23.9 Å². The molecule has 0 aliphatic carbocycles. The summed E-state index contributed by atoms with van der Waals surface area (Å²) in [5.74, 6) is 1.06. The predicted molar refractivity (Wildman–Crippen MR) is 77.1 cm³/mol. The molecule has 1 rings (SSSR count). The van der Waals surface area contributed by atoms with Crippen LogP contribution in [-0.4, -0.2) is 56.5 Å². The van der Waals surface area contributed by atoms with Crippen molar-refractivity contribution in [1.29, 1.82) is 0 Å². The number of pyridine rings is 1. The molecule has 5 heteroatoms. The lowest BCUT2D eigenvalue weighted by Crippen LogP contribution is -2.19. The highest BCUT2D eigenvalue weighted by Crippen LogP contribution is 2.19. The monoisotopic (exact) mass is 269 g/mol. The number of thioether (sulfide) groups is 1. The second-order valence-corrected chi connectivity index (χ2v) is 5.37. The Labute approximate surface area is 114 Å². The van der Waals surface area contributed by atoms with Gasteiger partial charge < -0.3 is 15.0 Å². The van der Waals surface area contributed by atoms with E-state index in [0.717, 1.165) is 37.0 Å². The van der Waals surface area contributed by atoms with Gasteiger partial charge in [0.1, 0.15) is 5.03 Å². The fraction of sp³-hybridized carbons (Fsp3) is 0.615. The second-order valence-electron chi connectivity index (χ2n) is 4.29. The maximum Gasteiger partial charge on any atom is 0.100 e. The number of ether oxygens (including phenoxy) is 1. The van der Waals surface area contributed by atoms with Gasteiger partial charge in [0.25, 0.3) is 0 Å². The highest BCUT2D eigenvalue weighted by molar-refractivity contribution is 7.99. The Morgan fingerprint density at radius 3 is 3.00 bits per heavy atom. The Hall–Kier alpha value is -0.620. The Morgan fingerprint density at radius 1 is 1.44 bits per heavy atom. The zero-order valence-corrected chi connectivity index (χ0v) is 12.3. The van der Waals surface area contributed by atoms with Crippen molar-refractivity contribution in [2.45, 2.75) is 11.6 Å². The average Bonchev–Trinajstić information content (AvgIpc) is 2.36. The van der Waals surface area contributed by atoms with Gasteiger partial charge in [0.15, 0.2) is 0 Å². The zero-order valence-electron chi connectivity index (χ0n) is 11.5. The van der Waals surface area contributed by atoms with Crippen LogP contribution in [0.2, 0.25) is 0 Å². The van der Waals surface area contributed by atoms with Crippen LogP contribution in [0.4, 0.5) is 0 Å². The van der Waals surface area contributed by atoms with Crippen LogP contribution in [0.5, 0.6) is 0 Å². The minimum Gasteiger partial charge on any atom is -0.383 e. The Balaban J connectivity index is 2.40. The van der Waals surface area contributed by atoms with Gasteiger partial charge in [0, 0.05) is 38.7 Å². The van der Waals surface area contributed by atoms with Gasteiger partial charge in [-0.1, -0.05) is 6.07 Å². The Bertz CT molecular complexity index is 334. The Morgan fingerprint density at radius 2 is 2.28 bits per heavy atom. The summed E-state index contributed by atoms with van der Waals surface area (Å²) in [5, 5.41) is 4.48. The van der Waals surface area contributed by atoms with E-state index < -0.39 is 0 Å². The molecule has 0 spiro atoms. The van der Waals surface area contributed by atoms with Gasteiger partial charge in [0.2, 0.25) is 0 Å². The molecule has 1 N–H and O–H groups in total. The molecule has 0 aromatic carbocycles. The first-order valence-electron chi connectivity index (χ1n) is 6.15. The van der Waals surface area contributed by atoms with Gasteiger partial charge >= 0.3 is 0 Å². The molecule has 102 valence electrons. The fourth-order valence-electron chi connectivity index (χ4n) is 1.41. The maximum atomic E-state index is 5.01. The van der Waals surface area contributed by atoms with Crippen LogP contribution >= 0.6 is 11.8 Å². The number of hydrogen-bond donors (Lipinski definition) is 1. The normalized spacial score (nSPS) is 11.1. The van der Waals surface area contributed by atoms with Gasteiger partial charge in [0.05, 0.1) is 6.61 Å². The van der Waals surface area contributed by atoms with Crippen LogP contribution in [0, 0.1) is 0 Å². The highest BCUT2D eigenvalue weighted by Gasteiger charge is 2.03. The number of nitrogens with zero attached hydrogens (tertiary/aromatic N) is 2. The summed E-state index contributed by atoms with van der Waals surface area (Å²) in [4.78, 5) is 6.63. The van der Waals surface area contributed by atoms with E-state index in [0.29, 0.717) is 0 Å². The molecule has 0 atom stereocenters. The molecule has 4 nitrogen and oxygen atoms in total. The van der Waals surface area contributed by atoms with Crippen LogP contribution in [-0.2, 0) is 11.3 Å². The van der Waals surface area contributed by atoms with Crippen molar-refractivity contribution in [3.63, 3.8) is 0 Å². The molecule has 1 aromatic heterocycles. The standard InChI is InChI=1S/C13H23N3OS/c1-16(2)8-10-18-13-12(5-4-6-15-13)11-14-7-9-17-3/h4-6,14H,7-11H2,1-3H3. The van der Waals surface area contributed by atoms with E-state index in [1.165, 1.54) is 5.56 Å². The molecule has 18 heavy (non-hydrogen) atoms. The minimum atomic E-state index is 0.739. The maximum absolute atomic E-state index is 5.01. The van der Waals surface area contributed by atoms with E-state index in [1.54, 1.807) is 7.11 Å². The third kappa shape index (κ3) is 6.35. The molecule has 0 fully saturated rings. The number of methoxy groups -OCH3 is 1. The SMILES string of the molecule is COCCNCc1cccnc1SCCN(C)C. The second kappa shape index (κ2) is 9.33. The molecule has 0 saturated heterocycles. The van der Waals surface area contributed by atoms with Crippen molar-refractivity contribution in [2.24, 2.45) is 0 Å². The molecule has 0 radical (unpaired) electrons. The van der Waals surface area contributed by atoms with E-state index in [9.17, 15) is 0 Å². The Kier molecular flexibility index (Phi) is 8.00. The summed E-state index contributed by atoms with van der Waals surface area (Å²) >= 11 is 1.82. The average molecular weight is 269 g/mol. The molecule has 0 amide bonds. The van der Waals surface area contributed by atoms with Crippen LogP contribution in [0.3, 0.4) is 0 Å². The van der Waals surface area contributed by atoms with E-state index >= 15 is 0 Å². The first-order chi connectivity index (χ1) is 8.74. The molecule has 0 saturated carbocycles. The molecule has 0 aliphatic heterocycles. The number of aromatic nitrogens is 1. The van der Waals surface area contributed by atoms with Crippen molar-refractivity contribution in [1.82, 2.24) is 15.2 Å². The molecule has 0 bridgehead atoms. The van der Waals surface area contributed by atoms with Crippen molar-refractivity contribution >= 4 is 11.8 Å². The van der Waals surface area contributed by atoms with E-state index in [-0.39, 0.29) is 0 Å². The number of hydrogen-bond acceptors (Lipinski definition) is 5. The van der Waals surface area contributed by atoms with Gasteiger partial charge in [-0.25, -0.2) is 4.98 Å². The lowest BCUT2D eigenvalue weighted by molar-refractivity contribution is 0.199. The van der Waals surface area contributed by atoms with Gasteiger partial charge in [-0.05, 0) is 25.7 Å². The molecular formula is C13H23N3OS. The van der Waals surface area contributed by atoms with Crippen molar-refractivity contribution in [3.8, 4) is 0 Å².